The van der Waals surface area contributed by atoms with Gasteiger partial charge in [0, 0.05) is 50.9 Å². The van der Waals surface area contributed by atoms with Crippen LogP contribution in [0.25, 0.3) is 0 Å². The molecule has 2 aliphatic rings. The van der Waals surface area contributed by atoms with E-state index in [1.54, 1.807) is 12.1 Å². The van der Waals surface area contributed by atoms with Crippen LogP contribution in [0.4, 0.5) is 22.7 Å². The van der Waals surface area contributed by atoms with Gasteiger partial charge in [0.25, 0.3) is 11.6 Å². The van der Waals surface area contributed by atoms with Crippen molar-refractivity contribution in [2.75, 3.05) is 60.9 Å². The Morgan fingerprint density at radius 2 is 1.67 bits per heavy atom. The number of carbonyl (C=O) groups is 1. The summed E-state index contributed by atoms with van der Waals surface area (Å²) in [6.07, 6.45) is 2.03. The number of rotatable bonds is 6. The van der Waals surface area contributed by atoms with Gasteiger partial charge >= 0.3 is 0 Å². The second-order valence-electron chi connectivity index (χ2n) is 9.02. The number of hydrogen-bond donors (Lipinski definition) is 1. The van der Waals surface area contributed by atoms with Gasteiger partial charge in [-0.1, -0.05) is 26.0 Å². The number of carbonyl (C=O) groups excluding carboxylic acids is 1. The highest BCUT2D eigenvalue weighted by atomic mass is 16.6. The highest BCUT2D eigenvalue weighted by Gasteiger charge is 2.25. The highest BCUT2D eigenvalue weighted by Crippen LogP contribution is 2.33. The third kappa shape index (κ3) is 5.27. The summed E-state index contributed by atoms with van der Waals surface area (Å²) in [5.74, 6) is 0.298. The molecule has 0 bridgehead atoms. The summed E-state index contributed by atoms with van der Waals surface area (Å²) in [6, 6.07) is 12.6. The number of nitro benzene ring substituents is 1. The molecule has 33 heavy (non-hydrogen) atoms. The number of piperidine rings is 1. The Morgan fingerprint density at radius 1 is 1.00 bits per heavy atom. The standard InChI is InChI=1S/C25H33N5O3/c1-3-27-14-16-29(17-15-27)22-7-5-4-6-21(22)26-25(31)20-8-9-23(24(18-20)30(32)33)28-12-10-19(2)11-13-28/h4-9,18-19H,3,10-17H2,1-2H3,(H,26,31). The average Bonchev–Trinajstić information content (AvgIpc) is 2.84. The molecule has 2 aliphatic heterocycles. The molecule has 0 spiro atoms. The topological polar surface area (TPSA) is 82.0 Å². The zero-order valence-corrected chi connectivity index (χ0v) is 19.5. The van der Waals surface area contributed by atoms with E-state index in [1.165, 1.54) is 6.07 Å². The minimum atomic E-state index is -0.384. The van der Waals surface area contributed by atoms with Crippen molar-refractivity contribution >= 4 is 28.7 Å². The first-order chi connectivity index (χ1) is 16.0. The molecule has 4 rings (SSSR count). The number of anilines is 3. The van der Waals surface area contributed by atoms with Crippen molar-refractivity contribution in [1.82, 2.24) is 4.90 Å². The summed E-state index contributed by atoms with van der Waals surface area (Å²) in [5, 5.41) is 14.8. The minimum absolute atomic E-state index is 0.0128. The third-order valence-electron chi connectivity index (χ3n) is 6.87. The average molecular weight is 452 g/mol. The molecule has 2 aromatic carbocycles. The molecule has 1 amide bonds. The van der Waals surface area contributed by atoms with Crippen molar-refractivity contribution < 1.29 is 9.72 Å². The molecule has 0 saturated carbocycles. The molecular formula is C25H33N5O3. The first-order valence-electron chi connectivity index (χ1n) is 11.9. The molecule has 2 fully saturated rings. The van der Waals surface area contributed by atoms with Crippen molar-refractivity contribution in [2.24, 2.45) is 5.92 Å². The van der Waals surface area contributed by atoms with Crippen molar-refractivity contribution in [3.05, 3.63) is 58.1 Å². The van der Waals surface area contributed by atoms with Gasteiger partial charge < -0.3 is 20.0 Å². The second kappa shape index (κ2) is 10.2. The Labute approximate surface area is 195 Å². The number of hydrogen-bond acceptors (Lipinski definition) is 6. The first-order valence-corrected chi connectivity index (χ1v) is 11.9. The maximum Gasteiger partial charge on any atom is 0.293 e. The molecule has 0 atom stereocenters. The van der Waals surface area contributed by atoms with Gasteiger partial charge in [-0.25, -0.2) is 0 Å². The highest BCUT2D eigenvalue weighted by molar-refractivity contribution is 6.06. The lowest BCUT2D eigenvalue weighted by molar-refractivity contribution is -0.384. The Balaban J connectivity index is 1.52. The predicted molar refractivity (Wildman–Crippen MR) is 132 cm³/mol. The Hall–Kier alpha value is -3.13. The molecule has 0 aliphatic carbocycles. The van der Waals surface area contributed by atoms with Gasteiger partial charge in [-0.05, 0) is 49.6 Å². The van der Waals surface area contributed by atoms with Gasteiger partial charge in [0.2, 0.25) is 0 Å². The normalized spacial score (nSPS) is 17.8. The number of para-hydroxylation sites is 2. The zero-order valence-electron chi connectivity index (χ0n) is 19.5. The number of likely N-dealkylation sites (N-methyl/N-ethyl adjacent to an activating group) is 1. The molecule has 0 unspecified atom stereocenters. The van der Waals surface area contributed by atoms with E-state index in [0.29, 0.717) is 17.2 Å². The van der Waals surface area contributed by atoms with E-state index in [4.69, 9.17) is 0 Å². The van der Waals surface area contributed by atoms with E-state index in [0.717, 1.165) is 70.0 Å². The molecule has 0 radical (unpaired) electrons. The van der Waals surface area contributed by atoms with Crippen LogP contribution in [0.3, 0.4) is 0 Å². The Bertz CT molecular complexity index is 995. The van der Waals surface area contributed by atoms with E-state index in [2.05, 4.69) is 33.9 Å². The molecule has 8 heteroatoms. The minimum Gasteiger partial charge on any atom is -0.367 e. The molecule has 2 aromatic rings. The number of nitrogens with one attached hydrogen (secondary N) is 1. The predicted octanol–water partition coefficient (Wildman–Crippen LogP) is 4.23. The second-order valence-corrected chi connectivity index (χ2v) is 9.02. The van der Waals surface area contributed by atoms with E-state index < -0.39 is 0 Å². The molecule has 2 saturated heterocycles. The number of piperazine rings is 1. The van der Waals surface area contributed by atoms with Gasteiger partial charge in [0.15, 0.2) is 0 Å². The maximum atomic E-state index is 13.1. The number of nitro groups is 1. The van der Waals surface area contributed by atoms with Gasteiger partial charge in [-0.3, -0.25) is 14.9 Å². The van der Waals surface area contributed by atoms with Crippen LogP contribution in [0, 0.1) is 16.0 Å². The largest absolute Gasteiger partial charge is 0.367 e. The van der Waals surface area contributed by atoms with Crippen LogP contribution in [0.1, 0.15) is 37.0 Å². The maximum absolute atomic E-state index is 13.1. The lowest BCUT2D eigenvalue weighted by Gasteiger charge is -2.36. The van der Waals surface area contributed by atoms with Crippen molar-refractivity contribution in [3.8, 4) is 0 Å². The van der Waals surface area contributed by atoms with Crippen LogP contribution in [0.2, 0.25) is 0 Å². The van der Waals surface area contributed by atoms with E-state index in [9.17, 15) is 14.9 Å². The molecular weight excluding hydrogens is 418 g/mol. The van der Waals surface area contributed by atoms with Gasteiger partial charge in [-0.15, -0.1) is 0 Å². The summed E-state index contributed by atoms with van der Waals surface area (Å²) >= 11 is 0. The fourth-order valence-electron chi connectivity index (χ4n) is 4.68. The Kier molecular flexibility index (Phi) is 7.13. The van der Waals surface area contributed by atoms with Crippen LogP contribution < -0.4 is 15.1 Å². The van der Waals surface area contributed by atoms with Crippen LogP contribution in [0.5, 0.6) is 0 Å². The summed E-state index contributed by atoms with van der Waals surface area (Å²) in [7, 11) is 0. The van der Waals surface area contributed by atoms with Gasteiger partial charge in [0.1, 0.15) is 5.69 Å². The molecule has 1 N–H and O–H groups in total. The molecule has 8 nitrogen and oxygen atoms in total. The first kappa shape index (κ1) is 23.0. The van der Waals surface area contributed by atoms with Gasteiger partial charge in [-0.2, -0.15) is 0 Å². The third-order valence-corrected chi connectivity index (χ3v) is 6.87. The van der Waals surface area contributed by atoms with Crippen molar-refractivity contribution in [3.63, 3.8) is 0 Å². The molecule has 176 valence electrons. The molecule has 2 heterocycles. The van der Waals surface area contributed by atoms with Crippen LogP contribution in [0.15, 0.2) is 42.5 Å². The van der Waals surface area contributed by atoms with Gasteiger partial charge in [0.05, 0.1) is 16.3 Å². The number of benzene rings is 2. The van der Waals surface area contributed by atoms with Crippen molar-refractivity contribution in [2.45, 2.75) is 26.7 Å². The quantitative estimate of drug-likeness (QED) is 0.523. The Morgan fingerprint density at radius 3 is 2.33 bits per heavy atom. The van der Waals surface area contributed by atoms with E-state index in [1.807, 2.05) is 24.3 Å². The summed E-state index contributed by atoms with van der Waals surface area (Å²) < 4.78 is 0. The van der Waals surface area contributed by atoms with Crippen LogP contribution >= 0.6 is 0 Å². The lowest BCUT2D eigenvalue weighted by Crippen LogP contribution is -2.46. The monoisotopic (exact) mass is 451 g/mol. The lowest BCUT2D eigenvalue weighted by atomic mass is 9.98. The van der Waals surface area contributed by atoms with Crippen molar-refractivity contribution in [1.29, 1.82) is 0 Å². The summed E-state index contributed by atoms with van der Waals surface area (Å²) in [6.45, 7) is 10.8. The van der Waals surface area contributed by atoms with Crippen LogP contribution in [-0.4, -0.2) is 61.5 Å². The SMILES string of the molecule is CCN1CCN(c2ccccc2NC(=O)c2ccc(N3CCC(C)CC3)c([N+](=O)[O-])c2)CC1. The van der Waals surface area contributed by atoms with E-state index in [-0.39, 0.29) is 16.5 Å². The zero-order chi connectivity index (χ0) is 23.4. The van der Waals surface area contributed by atoms with E-state index >= 15 is 0 Å². The fourth-order valence-corrected chi connectivity index (χ4v) is 4.68. The fraction of sp³-hybridized carbons (Fsp3) is 0.480. The summed E-state index contributed by atoms with van der Waals surface area (Å²) in [5.41, 5.74) is 2.58. The van der Waals surface area contributed by atoms with Crippen LogP contribution in [-0.2, 0) is 0 Å². The smallest absolute Gasteiger partial charge is 0.293 e. The number of nitrogens with zero attached hydrogens (tertiary/aromatic N) is 4. The number of amides is 1. The summed E-state index contributed by atoms with van der Waals surface area (Å²) in [4.78, 5) is 31.3. The molecule has 0 aromatic heterocycles.